The average molecular weight is 419 g/mol. The second-order valence-electron chi connectivity index (χ2n) is 7.38. The Morgan fingerprint density at radius 2 is 1.66 bits per heavy atom. The SMILES string of the molecule is COc1ccc(-c2nc(N)c3c(-c4ccccc4)c(Cc4ccccn4)ccc3n2)cn1. The van der Waals surface area contributed by atoms with Crippen LogP contribution in [0.15, 0.2) is 85.2 Å². The fraction of sp³-hybridized carbons (Fsp3) is 0.0769. The Bertz CT molecular complexity index is 1370. The molecule has 0 amide bonds. The van der Waals surface area contributed by atoms with E-state index in [1.165, 1.54) is 0 Å². The normalized spacial score (nSPS) is 10.9. The van der Waals surface area contributed by atoms with E-state index in [0.717, 1.165) is 38.9 Å². The van der Waals surface area contributed by atoms with Crippen LogP contribution in [0.2, 0.25) is 0 Å². The Morgan fingerprint density at radius 3 is 2.38 bits per heavy atom. The number of rotatable bonds is 5. The van der Waals surface area contributed by atoms with Crippen molar-refractivity contribution < 1.29 is 4.74 Å². The van der Waals surface area contributed by atoms with Crippen molar-refractivity contribution in [3.8, 4) is 28.4 Å². The van der Waals surface area contributed by atoms with Gasteiger partial charge in [0.15, 0.2) is 5.82 Å². The van der Waals surface area contributed by atoms with E-state index >= 15 is 0 Å². The van der Waals surface area contributed by atoms with Gasteiger partial charge in [-0.1, -0.05) is 42.5 Å². The van der Waals surface area contributed by atoms with Crippen LogP contribution in [-0.2, 0) is 6.42 Å². The molecule has 0 atom stereocenters. The first-order valence-corrected chi connectivity index (χ1v) is 10.3. The molecule has 0 bridgehead atoms. The van der Waals surface area contributed by atoms with Gasteiger partial charge in [-0.2, -0.15) is 0 Å². The van der Waals surface area contributed by atoms with E-state index in [4.69, 9.17) is 15.5 Å². The molecule has 0 aliphatic heterocycles. The Morgan fingerprint density at radius 1 is 0.812 bits per heavy atom. The molecule has 5 rings (SSSR count). The first-order valence-electron chi connectivity index (χ1n) is 10.3. The van der Waals surface area contributed by atoms with Gasteiger partial charge in [0.05, 0.1) is 18.0 Å². The topological polar surface area (TPSA) is 86.8 Å². The van der Waals surface area contributed by atoms with Crippen molar-refractivity contribution in [3.63, 3.8) is 0 Å². The van der Waals surface area contributed by atoms with Crippen molar-refractivity contribution in [1.29, 1.82) is 0 Å². The van der Waals surface area contributed by atoms with Crippen LogP contribution in [0.4, 0.5) is 5.82 Å². The summed E-state index contributed by atoms with van der Waals surface area (Å²) in [4.78, 5) is 18.2. The van der Waals surface area contributed by atoms with Crippen molar-refractivity contribution in [2.45, 2.75) is 6.42 Å². The highest BCUT2D eigenvalue weighted by Gasteiger charge is 2.17. The fourth-order valence-corrected chi connectivity index (χ4v) is 3.84. The van der Waals surface area contributed by atoms with Crippen LogP contribution < -0.4 is 10.5 Å². The first kappa shape index (κ1) is 19.6. The van der Waals surface area contributed by atoms with E-state index < -0.39 is 0 Å². The van der Waals surface area contributed by atoms with Gasteiger partial charge in [0.1, 0.15) is 5.82 Å². The molecule has 156 valence electrons. The predicted molar refractivity (Wildman–Crippen MR) is 126 cm³/mol. The lowest BCUT2D eigenvalue weighted by Gasteiger charge is -2.15. The number of hydrogen-bond donors (Lipinski definition) is 1. The summed E-state index contributed by atoms with van der Waals surface area (Å²) < 4.78 is 5.14. The fourth-order valence-electron chi connectivity index (χ4n) is 3.84. The number of hydrogen-bond acceptors (Lipinski definition) is 6. The molecular weight excluding hydrogens is 398 g/mol. The summed E-state index contributed by atoms with van der Waals surface area (Å²) in [5.74, 6) is 1.50. The minimum absolute atomic E-state index is 0.433. The van der Waals surface area contributed by atoms with Gasteiger partial charge in [-0.25, -0.2) is 15.0 Å². The van der Waals surface area contributed by atoms with Gasteiger partial charge < -0.3 is 10.5 Å². The Balaban J connectivity index is 1.70. The largest absolute Gasteiger partial charge is 0.481 e. The number of pyridine rings is 2. The minimum atomic E-state index is 0.433. The van der Waals surface area contributed by atoms with Crippen LogP contribution in [0.5, 0.6) is 5.88 Å². The van der Waals surface area contributed by atoms with Crippen LogP contribution in [0.3, 0.4) is 0 Å². The summed E-state index contributed by atoms with van der Waals surface area (Å²) in [6.45, 7) is 0. The monoisotopic (exact) mass is 419 g/mol. The van der Waals surface area contributed by atoms with E-state index in [0.29, 0.717) is 23.9 Å². The molecule has 0 saturated heterocycles. The molecular formula is C26H21N5O. The molecule has 2 aromatic carbocycles. The average Bonchev–Trinajstić information content (AvgIpc) is 2.85. The van der Waals surface area contributed by atoms with Crippen molar-refractivity contribution >= 4 is 16.7 Å². The predicted octanol–water partition coefficient (Wildman–Crippen LogP) is 4.94. The lowest BCUT2D eigenvalue weighted by Crippen LogP contribution is -2.02. The first-order chi connectivity index (χ1) is 15.7. The van der Waals surface area contributed by atoms with Crippen LogP contribution >= 0.6 is 0 Å². The number of benzene rings is 2. The highest BCUT2D eigenvalue weighted by atomic mass is 16.5. The van der Waals surface area contributed by atoms with Crippen LogP contribution in [0, 0.1) is 0 Å². The molecule has 5 aromatic rings. The van der Waals surface area contributed by atoms with Gasteiger partial charge >= 0.3 is 0 Å². The number of anilines is 1. The molecule has 32 heavy (non-hydrogen) atoms. The van der Waals surface area contributed by atoms with Gasteiger partial charge in [0, 0.05) is 36.1 Å². The Labute approximate surface area is 185 Å². The van der Waals surface area contributed by atoms with Gasteiger partial charge in [-0.3, -0.25) is 4.98 Å². The minimum Gasteiger partial charge on any atom is -0.481 e. The third kappa shape index (κ3) is 3.74. The molecule has 0 spiro atoms. The van der Waals surface area contributed by atoms with Crippen molar-refractivity contribution in [2.24, 2.45) is 0 Å². The molecule has 0 aliphatic rings. The summed E-state index contributed by atoms with van der Waals surface area (Å²) in [7, 11) is 1.58. The maximum atomic E-state index is 6.54. The number of methoxy groups -OCH3 is 1. The van der Waals surface area contributed by atoms with Crippen molar-refractivity contribution in [1.82, 2.24) is 19.9 Å². The van der Waals surface area contributed by atoms with Crippen LogP contribution in [-0.4, -0.2) is 27.0 Å². The van der Waals surface area contributed by atoms with Crippen molar-refractivity contribution in [3.05, 3.63) is 96.4 Å². The van der Waals surface area contributed by atoms with E-state index in [2.05, 4.69) is 33.2 Å². The number of fused-ring (bicyclic) bond motifs is 1. The molecule has 0 unspecified atom stereocenters. The highest BCUT2D eigenvalue weighted by Crippen LogP contribution is 2.36. The number of nitrogen functional groups attached to an aromatic ring is 1. The number of ether oxygens (including phenoxy) is 1. The van der Waals surface area contributed by atoms with Crippen molar-refractivity contribution in [2.75, 3.05) is 12.8 Å². The maximum absolute atomic E-state index is 6.54. The zero-order valence-electron chi connectivity index (χ0n) is 17.6. The van der Waals surface area contributed by atoms with Gasteiger partial charge in [-0.05, 0) is 41.0 Å². The smallest absolute Gasteiger partial charge is 0.212 e. The summed E-state index contributed by atoms with van der Waals surface area (Å²) in [6.07, 6.45) is 4.18. The zero-order valence-corrected chi connectivity index (χ0v) is 17.6. The van der Waals surface area contributed by atoms with E-state index in [1.54, 1.807) is 19.4 Å². The Kier molecular flexibility index (Phi) is 5.17. The second kappa shape index (κ2) is 8.43. The molecule has 2 N–H and O–H groups in total. The standard InChI is InChI=1S/C26H21N5O/c1-32-22-13-11-19(16-29-22)26-30-21-12-10-18(15-20-9-5-6-14-28-20)23(24(21)25(27)31-26)17-7-3-2-4-8-17/h2-14,16H,15H2,1H3,(H2,27,30,31). The third-order valence-electron chi connectivity index (χ3n) is 5.34. The Hall–Kier alpha value is -4.32. The molecule has 0 radical (unpaired) electrons. The molecule has 0 aliphatic carbocycles. The molecule has 0 fully saturated rings. The van der Waals surface area contributed by atoms with Gasteiger partial charge in [-0.15, -0.1) is 0 Å². The van der Waals surface area contributed by atoms with Gasteiger partial charge in [0.2, 0.25) is 5.88 Å². The summed E-state index contributed by atoms with van der Waals surface area (Å²) in [5, 5.41) is 0.842. The zero-order chi connectivity index (χ0) is 21.9. The summed E-state index contributed by atoms with van der Waals surface area (Å²) in [5.41, 5.74) is 12.3. The van der Waals surface area contributed by atoms with E-state index in [1.807, 2.05) is 54.7 Å². The molecule has 3 heterocycles. The third-order valence-corrected chi connectivity index (χ3v) is 5.34. The lowest BCUT2D eigenvalue weighted by molar-refractivity contribution is 0.398. The van der Waals surface area contributed by atoms with Gasteiger partial charge in [0.25, 0.3) is 0 Å². The quantitative estimate of drug-likeness (QED) is 0.434. The van der Waals surface area contributed by atoms with E-state index in [9.17, 15) is 0 Å². The second-order valence-corrected chi connectivity index (χ2v) is 7.38. The summed E-state index contributed by atoms with van der Waals surface area (Å²) in [6, 6.07) is 23.9. The molecule has 0 saturated carbocycles. The number of nitrogens with zero attached hydrogens (tertiary/aromatic N) is 4. The number of aromatic nitrogens is 4. The highest BCUT2D eigenvalue weighted by molar-refractivity contribution is 6.03. The number of nitrogens with two attached hydrogens (primary N) is 1. The summed E-state index contributed by atoms with van der Waals surface area (Å²) >= 11 is 0. The van der Waals surface area contributed by atoms with Crippen LogP contribution in [0.25, 0.3) is 33.4 Å². The molecule has 6 nitrogen and oxygen atoms in total. The molecule has 6 heteroatoms. The van der Waals surface area contributed by atoms with Crippen LogP contribution in [0.1, 0.15) is 11.3 Å². The van der Waals surface area contributed by atoms with E-state index in [-0.39, 0.29) is 0 Å². The maximum Gasteiger partial charge on any atom is 0.212 e. The molecule has 3 aromatic heterocycles. The lowest BCUT2D eigenvalue weighted by atomic mass is 9.92.